The van der Waals surface area contributed by atoms with Crippen LogP contribution in [0, 0.1) is 11.8 Å². The van der Waals surface area contributed by atoms with Crippen LogP contribution in [0.15, 0.2) is 0 Å². The summed E-state index contributed by atoms with van der Waals surface area (Å²) in [5.74, 6) is 1.50. The maximum atomic E-state index is 5.44. The minimum absolute atomic E-state index is 0. The molecule has 4 N–H and O–H groups in total. The third kappa shape index (κ3) is 2.62. The lowest BCUT2D eigenvalue weighted by Gasteiger charge is -2.34. The molecule has 0 radical (unpaired) electrons. The highest BCUT2D eigenvalue weighted by Crippen LogP contribution is 2.31. The summed E-state index contributed by atoms with van der Waals surface area (Å²) in [4.78, 5) is 0. The van der Waals surface area contributed by atoms with Crippen molar-refractivity contribution in [2.45, 2.75) is 12.8 Å². The molecule has 1 fully saturated rings. The van der Waals surface area contributed by atoms with Gasteiger partial charge in [-0.1, -0.05) is 0 Å². The molecule has 64 valence electrons. The van der Waals surface area contributed by atoms with Crippen LogP contribution < -0.4 is 11.5 Å². The molecule has 0 aromatic heterocycles. The van der Waals surface area contributed by atoms with Gasteiger partial charge in [0, 0.05) is 0 Å². The predicted molar refractivity (Wildman–Crippen MR) is 48.8 cm³/mol. The zero-order valence-electron chi connectivity index (χ0n) is 5.95. The van der Waals surface area contributed by atoms with Gasteiger partial charge < -0.3 is 11.5 Å². The monoisotopic (exact) mass is 186 g/mol. The first-order valence-electron chi connectivity index (χ1n) is 3.28. The number of halogens is 2. The fourth-order valence-corrected chi connectivity index (χ4v) is 1.26. The van der Waals surface area contributed by atoms with Crippen molar-refractivity contribution in [1.82, 2.24) is 0 Å². The van der Waals surface area contributed by atoms with Crippen molar-refractivity contribution in [3.05, 3.63) is 0 Å². The van der Waals surface area contributed by atoms with Crippen LogP contribution in [-0.2, 0) is 0 Å². The first kappa shape index (κ1) is 13.1. The molecule has 4 heteroatoms. The molecular formula is C6H16Cl2N2. The van der Waals surface area contributed by atoms with Crippen LogP contribution in [0.1, 0.15) is 12.8 Å². The third-order valence-corrected chi connectivity index (χ3v) is 2.18. The molecule has 0 aromatic carbocycles. The second-order valence-electron chi connectivity index (χ2n) is 2.57. The van der Waals surface area contributed by atoms with Crippen LogP contribution in [0.25, 0.3) is 0 Å². The predicted octanol–water partition coefficient (Wildman–Crippen LogP) is 0.774. The van der Waals surface area contributed by atoms with Gasteiger partial charge in [-0.2, -0.15) is 0 Å². The van der Waals surface area contributed by atoms with E-state index in [4.69, 9.17) is 11.5 Å². The molecule has 0 amide bonds. The van der Waals surface area contributed by atoms with Gasteiger partial charge >= 0.3 is 0 Å². The molecule has 0 aliphatic heterocycles. The Bertz CT molecular complexity index is 66.1. The smallest absolute Gasteiger partial charge is 0.00457 e. The first-order valence-corrected chi connectivity index (χ1v) is 3.28. The Kier molecular flexibility index (Phi) is 8.17. The highest BCUT2D eigenvalue weighted by atomic mass is 35.5. The normalized spacial score (nSPS) is 29.4. The summed E-state index contributed by atoms with van der Waals surface area (Å²) >= 11 is 0. The molecule has 1 aliphatic carbocycles. The Balaban J connectivity index is 0. The summed E-state index contributed by atoms with van der Waals surface area (Å²) in [5, 5.41) is 0. The van der Waals surface area contributed by atoms with Crippen molar-refractivity contribution >= 4 is 24.8 Å². The van der Waals surface area contributed by atoms with E-state index in [1.807, 2.05) is 0 Å². The molecule has 1 saturated carbocycles. The highest BCUT2D eigenvalue weighted by molar-refractivity contribution is 5.85. The molecule has 0 saturated heterocycles. The van der Waals surface area contributed by atoms with E-state index in [2.05, 4.69) is 0 Å². The lowest BCUT2D eigenvalue weighted by molar-refractivity contribution is 0.192. The van der Waals surface area contributed by atoms with Gasteiger partial charge in [-0.05, 0) is 37.8 Å². The molecular weight excluding hydrogens is 171 g/mol. The van der Waals surface area contributed by atoms with Gasteiger partial charge in [0.25, 0.3) is 0 Å². The van der Waals surface area contributed by atoms with Crippen molar-refractivity contribution in [1.29, 1.82) is 0 Å². The average molecular weight is 187 g/mol. The summed E-state index contributed by atoms with van der Waals surface area (Å²) in [7, 11) is 0. The summed E-state index contributed by atoms with van der Waals surface area (Å²) in [5.41, 5.74) is 10.9. The van der Waals surface area contributed by atoms with Gasteiger partial charge in [0.1, 0.15) is 0 Å². The zero-order valence-corrected chi connectivity index (χ0v) is 7.59. The molecule has 0 heterocycles. The van der Waals surface area contributed by atoms with E-state index < -0.39 is 0 Å². The van der Waals surface area contributed by atoms with E-state index in [1.54, 1.807) is 0 Å². The summed E-state index contributed by atoms with van der Waals surface area (Å²) in [6.07, 6.45) is 2.61. The molecule has 10 heavy (non-hydrogen) atoms. The molecule has 0 unspecified atom stereocenters. The lowest BCUT2D eigenvalue weighted by Crippen LogP contribution is -2.36. The average Bonchev–Trinajstić information content (AvgIpc) is 1.66. The minimum Gasteiger partial charge on any atom is -0.330 e. The van der Waals surface area contributed by atoms with Crippen LogP contribution in [0.2, 0.25) is 0 Å². The van der Waals surface area contributed by atoms with E-state index in [0.29, 0.717) is 0 Å². The lowest BCUT2D eigenvalue weighted by atomic mass is 9.74. The quantitative estimate of drug-likeness (QED) is 0.670. The summed E-state index contributed by atoms with van der Waals surface area (Å²) in [6.45, 7) is 1.67. The maximum Gasteiger partial charge on any atom is -0.00457 e. The van der Waals surface area contributed by atoms with Gasteiger partial charge in [0.2, 0.25) is 0 Å². The van der Waals surface area contributed by atoms with E-state index in [0.717, 1.165) is 24.9 Å². The summed E-state index contributed by atoms with van der Waals surface area (Å²) in [6, 6.07) is 0. The third-order valence-electron chi connectivity index (χ3n) is 2.18. The zero-order chi connectivity index (χ0) is 5.98. The number of hydrogen-bond donors (Lipinski definition) is 2. The Morgan fingerprint density at radius 2 is 1.20 bits per heavy atom. The SMILES string of the molecule is Cl.Cl.NC[C@@H]1CC[C@@H]1CN. The highest BCUT2D eigenvalue weighted by Gasteiger charge is 2.27. The first-order chi connectivity index (χ1) is 3.88. The van der Waals surface area contributed by atoms with Crippen molar-refractivity contribution < 1.29 is 0 Å². The summed E-state index contributed by atoms with van der Waals surface area (Å²) < 4.78 is 0. The van der Waals surface area contributed by atoms with Crippen LogP contribution >= 0.6 is 24.8 Å². The van der Waals surface area contributed by atoms with Gasteiger partial charge in [-0.15, -0.1) is 24.8 Å². The largest absolute Gasteiger partial charge is 0.330 e. The second-order valence-corrected chi connectivity index (χ2v) is 2.57. The molecule has 1 rings (SSSR count). The van der Waals surface area contributed by atoms with E-state index >= 15 is 0 Å². The Morgan fingerprint density at radius 3 is 1.30 bits per heavy atom. The van der Waals surface area contributed by atoms with Gasteiger partial charge in [-0.3, -0.25) is 0 Å². The topological polar surface area (TPSA) is 52.0 Å². The Hall–Kier alpha value is 0.500. The molecule has 2 atom stereocenters. The molecule has 0 aromatic rings. The van der Waals surface area contributed by atoms with Gasteiger partial charge in [-0.25, -0.2) is 0 Å². The molecule has 0 spiro atoms. The second kappa shape index (κ2) is 6.23. The van der Waals surface area contributed by atoms with Crippen LogP contribution in [0.5, 0.6) is 0 Å². The molecule has 0 bridgehead atoms. The Morgan fingerprint density at radius 1 is 0.900 bits per heavy atom. The minimum atomic E-state index is 0. The fraction of sp³-hybridized carbons (Fsp3) is 1.00. The van der Waals surface area contributed by atoms with Gasteiger partial charge in [0.05, 0.1) is 0 Å². The van der Waals surface area contributed by atoms with Crippen LogP contribution in [0.4, 0.5) is 0 Å². The van der Waals surface area contributed by atoms with Crippen molar-refractivity contribution in [3.63, 3.8) is 0 Å². The van der Waals surface area contributed by atoms with E-state index in [9.17, 15) is 0 Å². The standard InChI is InChI=1S/C6H14N2.2ClH/c7-3-5-1-2-6(5)4-8;;/h5-6H,1-4,7-8H2;2*1H/t5-,6+;;. The Labute approximate surface area is 74.5 Å². The van der Waals surface area contributed by atoms with Gasteiger partial charge in [0.15, 0.2) is 0 Å². The van der Waals surface area contributed by atoms with Crippen molar-refractivity contribution in [2.24, 2.45) is 23.3 Å². The van der Waals surface area contributed by atoms with E-state index in [-0.39, 0.29) is 24.8 Å². The number of hydrogen-bond acceptors (Lipinski definition) is 2. The number of nitrogens with two attached hydrogens (primary N) is 2. The van der Waals surface area contributed by atoms with Crippen LogP contribution in [0.3, 0.4) is 0 Å². The molecule has 1 aliphatic rings. The number of rotatable bonds is 2. The fourth-order valence-electron chi connectivity index (χ4n) is 1.26. The van der Waals surface area contributed by atoms with E-state index in [1.165, 1.54) is 12.8 Å². The van der Waals surface area contributed by atoms with Crippen LogP contribution in [-0.4, -0.2) is 13.1 Å². The van der Waals surface area contributed by atoms with Crippen molar-refractivity contribution in [2.75, 3.05) is 13.1 Å². The van der Waals surface area contributed by atoms with Crippen molar-refractivity contribution in [3.8, 4) is 0 Å². The molecule has 2 nitrogen and oxygen atoms in total. The maximum absolute atomic E-state index is 5.44.